The molecule has 16 heavy (non-hydrogen) atoms. The Hall–Kier alpha value is -1.39. The highest BCUT2D eigenvalue weighted by Gasteiger charge is 2.26. The van der Waals surface area contributed by atoms with Gasteiger partial charge in [-0.15, -0.1) is 0 Å². The van der Waals surface area contributed by atoms with Crippen LogP contribution in [0.15, 0.2) is 12.4 Å². The van der Waals surface area contributed by atoms with Crippen LogP contribution >= 0.6 is 0 Å². The monoisotopic (exact) mass is 228 g/mol. The Morgan fingerprint density at radius 2 is 2.12 bits per heavy atom. The van der Waals surface area contributed by atoms with Crippen molar-refractivity contribution in [2.45, 2.75) is 39.0 Å². The van der Waals surface area contributed by atoms with E-state index in [4.69, 9.17) is 9.84 Å². The van der Waals surface area contributed by atoms with Gasteiger partial charge in [-0.25, -0.2) is 4.79 Å². The number of carboxylic acid groups (broad SMARTS) is 1. The summed E-state index contributed by atoms with van der Waals surface area (Å²) in [5, 5.41) is 8.62. The summed E-state index contributed by atoms with van der Waals surface area (Å²) in [5.74, 6) is 0. The van der Waals surface area contributed by atoms with E-state index in [9.17, 15) is 4.79 Å². The fraction of sp³-hybridized carbons (Fsp3) is 0.727. The zero-order valence-corrected chi connectivity index (χ0v) is 9.93. The van der Waals surface area contributed by atoms with Gasteiger partial charge in [-0.1, -0.05) is 26.2 Å². The summed E-state index contributed by atoms with van der Waals surface area (Å²) in [6.45, 7) is 3.00. The lowest BCUT2D eigenvalue weighted by molar-refractivity contribution is -0.0677. The number of unbranched alkanes of at least 4 members (excludes halogenated alkanes) is 3. The van der Waals surface area contributed by atoms with Crippen LogP contribution in [-0.4, -0.2) is 41.0 Å². The minimum atomic E-state index is -1.24. The predicted molar refractivity (Wildman–Crippen MR) is 60.6 cm³/mol. The number of rotatable bonds is 6. The van der Waals surface area contributed by atoms with Crippen LogP contribution in [0.25, 0.3) is 0 Å². The highest BCUT2D eigenvalue weighted by atomic mass is 16.7. The normalized spacial score (nSPS) is 19.2. The molecule has 1 aliphatic heterocycles. The van der Waals surface area contributed by atoms with Gasteiger partial charge in [0.25, 0.3) is 6.35 Å². The number of hydrogen-bond donors (Lipinski definition) is 1. The van der Waals surface area contributed by atoms with E-state index in [1.54, 1.807) is 11.9 Å². The molecule has 5 nitrogen and oxygen atoms in total. The van der Waals surface area contributed by atoms with E-state index in [-0.39, 0.29) is 0 Å². The van der Waals surface area contributed by atoms with E-state index in [0.29, 0.717) is 0 Å². The van der Waals surface area contributed by atoms with Gasteiger partial charge in [-0.05, 0) is 6.42 Å². The van der Waals surface area contributed by atoms with E-state index >= 15 is 0 Å². The maximum absolute atomic E-state index is 10.5. The molecule has 0 aromatic rings. The van der Waals surface area contributed by atoms with Crippen molar-refractivity contribution in [1.29, 1.82) is 0 Å². The van der Waals surface area contributed by atoms with Gasteiger partial charge in [0, 0.05) is 26.0 Å². The second-order valence-corrected chi connectivity index (χ2v) is 3.97. The van der Waals surface area contributed by atoms with Crippen molar-refractivity contribution in [1.82, 2.24) is 9.80 Å². The summed E-state index contributed by atoms with van der Waals surface area (Å²) in [5.41, 5.74) is 0. The molecule has 0 saturated carbocycles. The largest absolute Gasteiger partial charge is 0.509 e. The van der Waals surface area contributed by atoms with Crippen LogP contribution in [0.4, 0.5) is 4.79 Å². The van der Waals surface area contributed by atoms with Crippen molar-refractivity contribution in [2.75, 3.05) is 13.6 Å². The molecule has 0 fully saturated rings. The lowest BCUT2D eigenvalue weighted by Crippen LogP contribution is -2.40. The molecule has 1 unspecified atom stereocenters. The molecule has 1 rings (SSSR count). The van der Waals surface area contributed by atoms with E-state index in [2.05, 4.69) is 6.92 Å². The standard InChI is InChI=1S/C11H20N2O3/c1-3-4-5-6-7-13-9-8-12(2)10(13)16-11(14)15/h8-10H,3-7H2,1-2H3,(H,14,15). The molecule has 0 aromatic carbocycles. The van der Waals surface area contributed by atoms with Crippen molar-refractivity contribution in [3.8, 4) is 0 Å². The third-order valence-corrected chi connectivity index (χ3v) is 2.60. The Morgan fingerprint density at radius 3 is 2.75 bits per heavy atom. The summed E-state index contributed by atoms with van der Waals surface area (Å²) in [6.07, 6.45) is 6.61. The van der Waals surface area contributed by atoms with Gasteiger partial charge in [0.2, 0.25) is 0 Å². The highest BCUT2D eigenvalue weighted by molar-refractivity contribution is 5.57. The molecule has 0 bridgehead atoms. The van der Waals surface area contributed by atoms with Crippen LogP contribution in [0.5, 0.6) is 0 Å². The summed E-state index contributed by atoms with van der Waals surface area (Å²) < 4.78 is 4.80. The second kappa shape index (κ2) is 6.25. The first-order valence-electron chi connectivity index (χ1n) is 5.70. The Bertz CT molecular complexity index is 256. The van der Waals surface area contributed by atoms with Gasteiger partial charge in [0.1, 0.15) is 0 Å². The van der Waals surface area contributed by atoms with E-state index in [0.717, 1.165) is 13.0 Å². The Balaban J connectivity index is 2.33. The SMILES string of the molecule is CCCCCCN1C=CN(C)C1OC(=O)O. The third-order valence-electron chi connectivity index (χ3n) is 2.60. The molecule has 92 valence electrons. The number of hydrogen-bond acceptors (Lipinski definition) is 4. The zero-order chi connectivity index (χ0) is 12.0. The van der Waals surface area contributed by atoms with Gasteiger partial charge in [-0.3, -0.25) is 0 Å². The first-order valence-corrected chi connectivity index (χ1v) is 5.70. The predicted octanol–water partition coefficient (Wildman–Crippen LogP) is 2.26. The van der Waals surface area contributed by atoms with Crippen LogP contribution in [-0.2, 0) is 4.74 Å². The summed E-state index contributed by atoms with van der Waals surface area (Å²) in [6, 6.07) is 0. The molecule has 5 heteroatoms. The van der Waals surface area contributed by atoms with Crippen molar-refractivity contribution in [3.63, 3.8) is 0 Å². The molecule has 0 aliphatic carbocycles. The highest BCUT2D eigenvalue weighted by Crippen LogP contribution is 2.16. The average molecular weight is 228 g/mol. The fourth-order valence-corrected chi connectivity index (χ4v) is 1.72. The molecule has 0 saturated heterocycles. The molecule has 0 amide bonds. The van der Waals surface area contributed by atoms with Crippen LogP contribution in [0.1, 0.15) is 32.6 Å². The number of carbonyl (C=O) groups is 1. The molecular weight excluding hydrogens is 208 g/mol. The molecule has 1 N–H and O–H groups in total. The molecular formula is C11H20N2O3. The Kier molecular flexibility index (Phi) is 4.95. The summed E-state index contributed by atoms with van der Waals surface area (Å²) in [7, 11) is 1.80. The third kappa shape index (κ3) is 3.64. The van der Waals surface area contributed by atoms with Crippen LogP contribution in [0.3, 0.4) is 0 Å². The maximum atomic E-state index is 10.5. The van der Waals surface area contributed by atoms with Crippen LogP contribution in [0, 0.1) is 0 Å². The van der Waals surface area contributed by atoms with Crippen LogP contribution in [0.2, 0.25) is 0 Å². The lowest BCUT2D eigenvalue weighted by atomic mass is 10.2. The molecule has 0 aromatic heterocycles. The van der Waals surface area contributed by atoms with Gasteiger partial charge in [0.05, 0.1) is 0 Å². The van der Waals surface area contributed by atoms with Crippen molar-refractivity contribution < 1.29 is 14.6 Å². The smallest absolute Gasteiger partial charge is 0.450 e. The minimum Gasteiger partial charge on any atom is -0.450 e. The summed E-state index contributed by atoms with van der Waals surface area (Å²) in [4.78, 5) is 14.2. The minimum absolute atomic E-state index is 0.501. The molecule has 1 aliphatic rings. The average Bonchev–Trinajstić information content (AvgIpc) is 2.56. The van der Waals surface area contributed by atoms with Gasteiger partial charge in [-0.2, -0.15) is 0 Å². The van der Waals surface area contributed by atoms with Crippen molar-refractivity contribution >= 4 is 6.16 Å². The van der Waals surface area contributed by atoms with Gasteiger partial charge < -0.3 is 19.6 Å². The Labute approximate surface area is 96.3 Å². The topological polar surface area (TPSA) is 53.0 Å². The first-order chi connectivity index (χ1) is 7.65. The number of nitrogens with zero attached hydrogens (tertiary/aromatic N) is 2. The van der Waals surface area contributed by atoms with E-state index in [1.165, 1.54) is 19.3 Å². The lowest BCUT2D eigenvalue weighted by Gasteiger charge is -2.28. The molecule has 1 heterocycles. The molecule has 0 spiro atoms. The summed E-state index contributed by atoms with van der Waals surface area (Å²) >= 11 is 0. The maximum Gasteiger partial charge on any atom is 0.509 e. The number of ether oxygens (including phenoxy) is 1. The molecule has 1 atom stereocenters. The van der Waals surface area contributed by atoms with Crippen LogP contribution < -0.4 is 0 Å². The van der Waals surface area contributed by atoms with Crippen molar-refractivity contribution in [3.05, 3.63) is 12.4 Å². The quantitative estimate of drug-likeness (QED) is 0.558. The molecule has 0 radical (unpaired) electrons. The second-order valence-electron chi connectivity index (χ2n) is 3.97. The Morgan fingerprint density at radius 1 is 1.38 bits per heavy atom. The van der Waals surface area contributed by atoms with Gasteiger partial charge >= 0.3 is 6.16 Å². The zero-order valence-electron chi connectivity index (χ0n) is 9.93. The fourth-order valence-electron chi connectivity index (χ4n) is 1.72. The van der Waals surface area contributed by atoms with Gasteiger partial charge in [0.15, 0.2) is 0 Å². The van der Waals surface area contributed by atoms with E-state index < -0.39 is 12.5 Å². The first kappa shape index (κ1) is 12.7. The van der Waals surface area contributed by atoms with E-state index in [1.807, 2.05) is 17.3 Å². The van der Waals surface area contributed by atoms with Crippen molar-refractivity contribution in [2.24, 2.45) is 0 Å².